The summed E-state index contributed by atoms with van der Waals surface area (Å²) < 4.78 is 5.15. The predicted octanol–water partition coefficient (Wildman–Crippen LogP) is 1.67. The van der Waals surface area contributed by atoms with Crippen molar-refractivity contribution < 1.29 is 14.6 Å². The van der Waals surface area contributed by atoms with E-state index < -0.39 is 5.97 Å². The second-order valence-electron chi connectivity index (χ2n) is 3.94. The van der Waals surface area contributed by atoms with Crippen LogP contribution in [0.5, 0.6) is 0 Å². The standard InChI is InChI=1S/C11H12O3/c1-11(6-14-7-11)9-4-2-3-8(5-9)10(12)13/h2-5H,6-7H2,1H3,(H,12,13). The van der Waals surface area contributed by atoms with Gasteiger partial charge in [-0.3, -0.25) is 0 Å². The summed E-state index contributed by atoms with van der Waals surface area (Å²) in [5.74, 6) is -0.879. The van der Waals surface area contributed by atoms with Crippen LogP contribution in [0.4, 0.5) is 0 Å². The summed E-state index contributed by atoms with van der Waals surface area (Å²) in [5, 5.41) is 8.83. The minimum Gasteiger partial charge on any atom is -0.478 e. The first-order chi connectivity index (χ1) is 6.62. The van der Waals surface area contributed by atoms with Crippen molar-refractivity contribution in [1.29, 1.82) is 0 Å². The number of hydrogen-bond donors (Lipinski definition) is 1. The number of carboxylic acid groups (broad SMARTS) is 1. The van der Waals surface area contributed by atoms with Crippen LogP contribution in [-0.4, -0.2) is 24.3 Å². The first-order valence-electron chi connectivity index (χ1n) is 4.53. The van der Waals surface area contributed by atoms with Gasteiger partial charge in [-0.25, -0.2) is 4.79 Å². The molecule has 1 aromatic rings. The monoisotopic (exact) mass is 192 g/mol. The Kier molecular flexibility index (Phi) is 2.04. The van der Waals surface area contributed by atoms with Crippen LogP contribution < -0.4 is 0 Å². The van der Waals surface area contributed by atoms with Gasteiger partial charge < -0.3 is 9.84 Å². The molecule has 0 atom stereocenters. The maximum atomic E-state index is 10.8. The van der Waals surface area contributed by atoms with E-state index in [9.17, 15) is 4.79 Å². The molecule has 0 spiro atoms. The largest absolute Gasteiger partial charge is 0.478 e. The number of aromatic carboxylic acids is 1. The van der Waals surface area contributed by atoms with E-state index in [1.807, 2.05) is 6.07 Å². The molecule has 1 aliphatic rings. The van der Waals surface area contributed by atoms with Crippen LogP contribution in [0, 0.1) is 0 Å². The summed E-state index contributed by atoms with van der Waals surface area (Å²) in [6, 6.07) is 7.07. The van der Waals surface area contributed by atoms with Gasteiger partial charge in [-0.15, -0.1) is 0 Å². The van der Waals surface area contributed by atoms with Crippen LogP contribution in [0.2, 0.25) is 0 Å². The minimum absolute atomic E-state index is 0.00542. The van der Waals surface area contributed by atoms with Gasteiger partial charge >= 0.3 is 5.97 Å². The van der Waals surface area contributed by atoms with Gasteiger partial charge in [0.1, 0.15) is 0 Å². The van der Waals surface area contributed by atoms with Gasteiger partial charge in [-0.05, 0) is 17.7 Å². The first-order valence-corrected chi connectivity index (χ1v) is 4.53. The molecule has 1 saturated heterocycles. The Balaban J connectivity index is 2.35. The molecule has 0 bridgehead atoms. The molecule has 1 N–H and O–H groups in total. The van der Waals surface area contributed by atoms with Crippen molar-refractivity contribution in [3.63, 3.8) is 0 Å². The van der Waals surface area contributed by atoms with E-state index in [2.05, 4.69) is 6.92 Å². The third kappa shape index (κ3) is 1.40. The number of ether oxygens (including phenoxy) is 1. The molecule has 74 valence electrons. The molecule has 0 radical (unpaired) electrons. The van der Waals surface area contributed by atoms with E-state index in [1.54, 1.807) is 18.2 Å². The van der Waals surface area contributed by atoms with Crippen LogP contribution in [0.15, 0.2) is 24.3 Å². The summed E-state index contributed by atoms with van der Waals surface area (Å²) in [6.45, 7) is 3.43. The highest BCUT2D eigenvalue weighted by Gasteiger charge is 2.35. The van der Waals surface area contributed by atoms with Gasteiger partial charge in [-0.1, -0.05) is 19.1 Å². The van der Waals surface area contributed by atoms with Crippen molar-refractivity contribution in [1.82, 2.24) is 0 Å². The van der Waals surface area contributed by atoms with Crippen LogP contribution in [0.3, 0.4) is 0 Å². The summed E-state index contributed by atoms with van der Waals surface area (Å²) in [5.41, 5.74) is 1.39. The van der Waals surface area contributed by atoms with Gasteiger partial charge in [0.05, 0.1) is 18.8 Å². The molecule has 1 heterocycles. The molecule has 1 aliphatic heterocycles. The zero-order valence-electron chi connectivity index (χ0n) is 7.99. The Morgan fingerprint density at radius 2 is 2.21 bits per heavy atom. The van der Waals surface area contributed by atoms with E-state index in [0.717, 1.165) is 5.56 Å². The van der Waals surface area contributed by atoms with Crippen molar-refractivity contribution in [2.24, 2.45) is 0 Å². The van der Waals surface area contributed by atoms with Crippen LogP contribution in [-0.2, 0) is 10.2 Å². The second-order valence-corrected chi connectivity index (χ2v) is 3.94. The lowest BCUT2D eigenvalue weighted by molar-refractivity contribution is -0.0500. The molecule has 1 fully saturated rings. The Hall–Kier alpha value is -1.35. The van der Waals surface area contributed by atoms with Gasteiger partial charge in [0.15, 0.2) is 0 Å². The topological polar surface area (TPSA) is 46.5 Å². The molecular weight excluding hydrogens is 180 g/mol. The SMILES string of the molecule is CC1(c2cccc(C(=O)O)c2)COC1. The highest BCUT2D eigenvalue weighted by molar-refractivity contribution is 5.87. The molecule has 0 unspecified atom stereocenters. The molecule has 0 aliphatic carbocycles. The molecule has 3 heteroatoms. The zero-order chi connectivity index (χ0) is 10.2. The average molecular weight is 192 g/mol. The van der Waals surface area contributed by atoms with E-state index in [-0.39, 0.29) is 5.41 Å². The Labute approximate surface area is 82.3 Å². The van der Waals surface area contributed by atoms with Crippen LogP contribution in [0.1, 0.15) is 22.8 Å². The van der Waals surface area contributed by atoms with Gasteiger partial charge in [0.2, 0.25) is 0 Å². The third-order valence-corrected chi connectivity index (χ3v) is 2.65. The van der Waals surface area contributed by atoms with E-state index >= 15 is 0 Å². The Bertz CT molecular complexity index is 367. The third-order valence-electron chi connectivity index (χ3n) is 2.65. The Morgan fingerprint density at radius 1 is 1.50 bits per heavy atom. The highest BCUT2D eigenvalue weighted by atomic mass is 16.5. The van der Waals surface area contributed by atoms with E-state index in [0.29, 0.717) is 18.8 Å². The highest BCUT2D eigenvalue weighted by Crippen LogP contribution is 2.31. The molecule has 1 aromatic carbocycles. The lowest BCUT2D eigenvalue weighted by Crippen LogP contribution is -2.43. The molecule has 2 rings (SSSR count). The zero-order valence-corrected chi connectivity index (χ0v) is 7.99. The number of hydrogen-bond acceptors (Lipinski definition) is 2. The number of carbonyl (C=O) groups is 1. The van der Waals surface area contributed by atoms with Crippen LogP contribution >= 0.6 is 0 Å². The number of benzene rings is 1. The van der Waals surface area contributed by atoms with Crippen molar-refractivity contribution >= 4 is 5.97 Å². The summed E-state index contributed by atoms with van der Waals surface area (Å²) in [4.78, 5) is 10.8. The molecule has 3 nitrogen and oxygen atoms in total. The maximum Gasteiger partial charge on any atom is 0.335 e. The fourth-order valence-corrected chi connectivity index (χ4v) is 1.60. The van der Waals surface area contributed by atoms with Crippen molar-refractivity contribution in [2.45, 2.75) is 12.3 Å². The minimum atomic E-state index is -0.879. The first kappa shape index (κ1) is 9.21. The summed E-state index contributed by atoms with van der Waals surface area (Å²) >= 11 is 0. The fourth-order valence-electron chi connectivity index (χ4n) is 1.60. The predicted molar refractivity (Wildman–Crippen MR) is 51.6 cm³/mol. The molecular formula is C11H12O3. The second kappa shape index (κ2) is 3.10. The van der Waals surface area contributed by atoms with Crippen molar-refractivity contribution in [3.05, 3.63) is 35.4 Å². The lowest BCUT2D eigenvalue weighted by Gasteiger charge is -2.38. The summed E-state index contributed by atoms with van der Waals surface area (Å²) in [7, 11) is 0. The van der Waals surface area contributed by atoms with Gasteiger partial charge in [0, 0.05) is 5.41 Å². The quantitative estimate of drug-likeness (QED) is 0.775. The smallest absolute Gasteiger partial charge is 0.335 e. The lowest BCUT2D eigenvalue weighted by atomic mass is 9.80. The molecule has 0 amide bonds. The molecule has 0 aromatic heterocycles. The number of carboxylic acids is 1. The van der Waals surface area contributed by atoms with Crippen molar-refractivity contribution in [3.8, 4) is 0 Å². The van der Waals surface area contributed by atoms with Crippen molar-refractivity contribution in [2.75, 3.05) is 13.2 Å². The van der Waals surface area contributed by atoms with E-state index in [1.165, 1.54) is 0 Å². The van der Waals surface area contributed by atoms with E-state index in [4.69, 9.17) is 9.84 Å². The number of rotatable bonds is 2. The molecule has 14 heavy (non-hydrogen) atoms. The summed E-state index contributed by atoms with van der Waals surface area (Å²) in [6.07, 6.45) is 0. The Morgan fingerprint density at radius 3 is 2.71 bits per heavy atom. The van der Waals surface area contributed by atoms with Crippen LogP contribution in [0.25, 0.3) is 0 Å². The van der Waals surface area contributed by atoms with Gasteiger partial charge in [0.25, 0.3) is 0 Å². The average Bonchev–Trinajstić information content (AvgIpc) is 2.14. The maximum absolute atomic E-state index is 10.8. The normalized spacial score (nSPS) is 18.6. The fraction of sp³-hybridized carbons (Fsp3) is 0.364. The van der Waals surface area contributed by atoms with Gasteiger partial charge in [-0.2, -0.15) is 0 Å². The molecule has 0 saturated carbocycles.